The summed E-state index contributed by atoms with van der Waals surface area (Å²) in [6.07, 6.45) is 10.7. The highest BCUT2D eigenvalue weighted by atomic mass is 16.1. The number of carbonyl (C=O) groups excluding carboxylic acids is 1. The van der Waals surface area contributed by atoms with E-state index in [1.807, 2.05) is 12.3 Å². The molecule has 0 fully saturated rings. The van der Waals surface area contributed by atoms with Gasteiger partial charge in [0.15, 0.2) is 5.78 Å². The van der Waals surface area contributed by atoms with E-state index in [-0.39, 0.29) is 5.78 Å². The highest BCUT2D eigenvalue weighted by molar-refractivity contribution is 5.98. The Balaban J connectivity index is 2.35. The van der Waals surface area contributed by atoms with E-state index in [9.17, 15) is 4.79 Å². The number of terminal acetylenes is 1. The predicted molar refractivity (Wildman–Crippen MR) is 59.9 cm³/mol. The van der Waals surface area contributed by atoms with Crippen molar-refractivity contribution in [3.8, 4) is 12.3 Å². The average Bonchev–Trinajstić information content (AvgIpc) is 2.63. The summed E-state index contributed by atoms with van der Waals surface area (Å²) in [5, 5.41) is 0. The van der Waals surface area contributed by atoms with Gasteiger partial charge < -0.3 is 4.57 Å². The molecule has 1 heterocycles. The van der Waals surface area contributed by atoms with Crippen molar-refractivity contribution in [2.75, 3.05) is 0 Å². The standard InChI is InChI=1S/C13H15NO/c1-3-5-10(2)14-9-8-11-12(14)6-4-7-13(11)15/h1,8-10H,4-7H2,2H3. The monoisotopic (exact) mass is 201 g/mol. The maximum atomic E-state index is 11.6. The molecule has 2 rings (SSSR count). The van der Waals surface area contributed by atoms with Gasteiger partial charge in [-0.25, -0.2) is 0 Å². The molecule has 1 atom stereocenters. The molecule has 0 bridgehead atoms. The van der Waals surface area contributed by atoms with E-state index in [4.69, 9.17) is 6.42 Å². The van der Waals surface area contributed by atoms with Gasteiger partial charge in [0.2, 0.25) is 0 Å². The molecule has 0 spiro atoms. The third-order valence-corrected chi connectivity index (χ3v) is 3.03. The Labute approximate surface area is 90.3 Å². The van der Waals surface area contributed by atoms with Gasteiger partial charge in [-0.3, -0.25) is 4.79 Å². The molecular formula is C13H15NO. The summed E-state index contributed by atoms with van der Waals surface area (Å²) in [7, 11) is 0. The molecule has 0 radical (unpaired) electrons. The number of hydrogen-bond donors (Lipinski definition) is 0. The number of carbonyl (C=O) groups is 1. The van der Waals surface area contributed by atoms with E-state index in [1.165, 1.54) is 5.69 Å². The molecule has 0 aromatic carbocycles. The van der Waals surface area contributed by atoms with Gasteiger partial charge in [0.05, 0.1) is 0 Å². The highest BCUT2D eigenvalue weighted by Gasteiger charge is 2.21. The largest absolute Gasteiger partial charge is 0.347 e. The Morgan fingerprint density at radius 2 is 2.40 bits per heavy atom. The molecule has 0 amide bonds. The van der Waals surface area contributed by atoms with Gasteiger partial charge in [-0.1, -0.05) is 0 Å². The lowest BCUT2D eigenvalue weighted by Crippen LogP contribution is -2.15. The molecule has 78 valence electrons. The Hall–Kier alpha value is -1.49. The van der Waals surface area contributed by atoms with Crippen molar-refractivity contribution >= 4 is 5.78 Å². The summed E-state index contributed by atoms with van der Waals surface area (Å²) in [6.45, 7) is 2.10. The molecule has 15 heavy (non-hydrogen) atoms. The predicted octanol–water partition coefficient (Wildman–Crippen LogP) is 2.59. The zero-order valence-electron chi connectivity index (χ0n) is 8.99. The van der Waals surface area contributed by atoms with Crippen LogP contribution in [0.15, 0.2) is 12.3 Å². The Kier molecular flexibility index (Phi) is 2.64. The number of hydrogen-bond acceptors (Lipinski definition) is 1. The fourth-order valence-corrected chi connectivity index (χ4v) is 2.23. The van der Waals surface area contributed by atoms with E-state index in [0.717, 1.165) is 24.8 Å². The second kappa shape index (κ2) is 3.94. The molecule has 2 heteroatoms. The molecule has 0 aliphatic heterocycles. The van der Waals surface area contributed by atoms with Crippen molar-refractivity contribution in [2.24, 2.45) is 0 Å². The molecule has 0 saturated carbocycles. The lowest BCUT2D eigenvalue weighted by molar-refractivity contribution is 0.0971. The smallest absolute Gasteiger partial charge is 0.164 e. The third-order valence-electron chi connectivity index (χ3n) is 3.03. The molecule has 1 aliphatic rings. The van der Waals surface area contributed by atoms with Gasteiger partial charge in [-0.2, -0.15) is 0 Å². The van der Waals surface area contributed by atoms with Gasteiger partial charge >= 0.3 is 0 Å². The number of aromatic nitrogens is 1. The molecular weight excluding hydrogens is 186 g/mol. The van der Waals surface area contributed by atoms with Crippen LogP contribution in [0.3, 0.4) is 0 Å². The maximum Gasteiger partial charge on any atom is 0.164 e. The molecule has 1 aromatic heterocycles. The van der Waals surface area contributed by atoms with Crippen LogP contribution in [0.4, 0.5) is 0 Å². The normalized spacial score (nSPS) is 16.9. The van der Waals surface area contributed by atoms with Crippen LogP contribution in [0.1, 0.15) is 48.3 Å². The second-order valence-corrected chi connectivity index (χ2v) is 4.12. The first kappa shape index (κ1) is 10.0. The van der Waals surface area contributed by atoms with Gasteiger partial charge in [-0.15, -0.1) is 12.3 Å². The number of nitrogens with zero attached hydrogens (tertiary/aromatic N) is 1. The molecule has 1 unspecified atom stereocenters. The van der Waals surface area contributed by atoms with E-state index in [2.05, 4.69) is 17.4 Å². The Morgan fingerprint density at radius 3 is 3.13 bits per heavy atom. The van der Waals surface area contributed by atoms with Crippen LogP contribution in [-0.4, -0.2) is 10.4 Å². The summed E-state index contributed by atoms with van der Waals surface area (Å²) in [5.41, 5.74) is 2.08. The average molecular weight is 201 g/mol. The van der Waals surface area contributed by atoms with Crippen molar-refractivity contribution in [3.05, 3.63) is 23.5 Å². The summed E-state index contributed by atoms with van der Waals surface area (Å²) in [4.78, 5) is 11.6. The summed E-state index contributed by atoms with van der Waals surface area (Å²) in [6, 6.07) is 2.23. The third kappa shape index (κ3) is 1.70. The van der Waals surface area contributed by atoms with Gasteiger partial charge in [0.25, 0.3) is 0 Å². The van der Waals surface area contributed by atoms with E-state index in [1.54, 1.807) is 0 Å². The number of Topliss-reactive ketones (excluding diaryl/α,β-unsaturated/α-hetero) is 1. The van der Waals surface area contributed by atoms with Gasteiger partial charge in [0.1, 0.15) is 0 Å². The minimum absolute atomic E-state index is 0.280. The zero-order chi connectivity index (χ0) is 10.8. The first-order chi connectivity index (χ1) is 7.24. The van der Waals surface area contributed by atoms with Crippen molar-refractivity contribution in [1.29, 1.82) is 0 Å². The summed E-state index contributed by atoms with van der Waals surface area (Å²) >= 11 is 0. The number of fused-ring (bicyclic) bond motifs is 1. The van der Waals surface area contributed by atoms with Crippen molar-refractivity contribution < 1.29 is 4.79 Å². The van der Waals surface area contributed by atoms with E-state index >= 15 is 0 Å². The minimum atomic E-state index is 0.280. The number of rotatable bonds is 2. The zero-order valence-corrected chi connectivity index (χ0v) is 8.99. The van der Waals surface area contributed by atoms with Gasteiger partial charge in [0, 0.05) is 36.3 Å². The van der Waals surface area contributed by atoms with Crippen molar-refractivity contribution in [2.45, 2.75) is 38.6 Å². The molecule has 0 saturated heterocycles. The fourth-order valence-electron chi connectivity index (χ4n) is 2.23. The molecule has 2 nitrogen and oxygen atoms in total. The van der Waals surface area contributed by atoms with Crippen LogP contribution in [0, 0.1) is 12.3 Å². The lowest BCUT2D eigenvalue weighted by atomic mass is 9.96. The topological polar surface area (TPSA) is 22.0 Å². The minimum Gasteiger partial charge on any atom is -0.347 e. The van der Waals surface area contributed by atoms with E-state index in [0.29, 0.717) is 12.5 Å². The highest BCUT2D eigenvalue weighted by Crippen LogP contribution is 2.25. The molecule has 1 aliphatic carbocycles. The van der Waals surface area contributed by atoms with Crippen molar-refractivity contribution in [3.63, 3.8) is 0 Å². The van der Waals surface area contributed by atoms with Crippen LogP contribution in [0.5, 0.6) is 0 Å². The first-order valence-electron chi connectivity index (χ1n) is 5.40. The summed E-state index contributed by atoms with van der Waals surface area (Å²) in [5.74, 6) is 2.95. The molecule has 1 aromatic rings. The molecule has 0 N–H and O–H groups in total. The lowest BCUT2D eigenvalue weighted by Gasteiger charge is -2.18. The van der Waals surface area contributed by atoms with Crippen LogP contribution < -0.4 is 0 Å². The first-order valence-corrected chi connectivity index (χ1v) is 5.40. The Morgan fingerprint density at radius 1 is 1.60 bits per heavy atom. The number of ketones is 1. The van der Waals surface area contributed by atoms with E-state index < -0.39 is 0 Å². The second-order valence-electron chi connectivity index (χ2n) is 4.12. The van der Waals surface area contributed by atoms with Gasteiger partial charge in [-0.05, 0) is 25.8 Å². The quantitative estimate of drug-likeness (QED) is 0.674. The van der Waals surface area contributed by atoms with Crippen LogP contribution in [0.25, 0.3) is 0 Å². The fraction of sp³-hybridized carbons (Fsp3) is 0.462. The van der Waals surface area contributed by atoms with Crippen LogP contribution in [-0.2, 0) is 6.42 Å². The summed E-state index contributed by atoms with van der Waals surface area (Å²) < 4.78 is 2.16. The van der Waals surface area contributed by atoms with Crippen LogP contribution >= 0.6 is 0 Å². The Bertz CT molecular complexity index is 422. The maximum absolute atomic E-state index is 11.6. The van der Waals surface area contributed by atoms with Crippen molar-refractivity contribution in [1.82, 2.24) is 4.57 Å². The van der Waals surface area contributed by atoms with Crippen LogP contribution in [0.2, 0.25) is 0 Å². The SMILES string of the molecule is C#CCC(C)n1ccc2c1CCCC2=O.